The predicted molar refractivity (Wildman–Crippen MR) is 129 cm³/mol. The molecule has 0 radical (unpaired) electrons. The monoisotopic (exact) mass is 468 g/mol. The number of hydrogen-bond acceptors (Lipinski definition) is 0. The Morgan fingerprint density at radius 1 is 1.22 bits per heavy atom. The van der Waals surface area contributed by atoms with Crippen LogP contribution in [0.1, 0.15) is 62.6 Å². The first-order valence-electron chi connectivity index (χ1n) is 9.80. The molecule has 0 amide bonds. The molecule has 0 bridgehead atoms. The summed E-state index contributed by atoms with van der Waals surface area (Å²) in [4.78, 5) is 0. The fourth-order valence-electron chi connectivity index (χ4n) is 4.28. The number of hydrogen-bond donors (Lipinski definition) is 0. The van der Waals surface area contributed by atoms with Crippen molar-refractivity contribution in [3.05, 3.63) is 92.7 Å². The Kier molecular flexibility index (Phi) is 6.41. The third-order valence-electron chi connectivity index (χ3n) is 5.76. The normalized spacial score (nSPS) is 26.4. The zero-order chi connectivity index (χ0) is 19.4. The van der Waals surface area contributed by atoms with Crippen LogP contribution in [0.15, 0.2) is 76.0 Å². The van der Waals surface area contributed by atoms with E-state index < -0.39 is 0 Å². The largest absolute Gasteiger partial charge is 0.0984 e. The van der Waals surface area contributed by atoms with Crippen LogP contribution in [0.5, 0.6) is 0 Å². The van der Waals surface area contributed by atoms with E-state index in [2.05, 4.69) is 111 Å². The molecule has 27 heavy (non-hydrogen) atoms. The smallest absolute Gasteiger partial charge is 0.0127 e. The van der Waals surface area contributed by atoms with Gasteiger partial charge in [0.05, 0.1) is 0 Å². The van der Waals surface area contributed by atoms with Gasteiger partial charge in [-0.25, -0.2) is 0 Å². The Labute approximate surface area is 178 Å². The molecule has 0 saturated carbocycles. The molecule has 3 rings (SSSR count). The third kappa shape index (κ3) is 4.45. The molecule has 1 aromatic carbocycles. The molecule has 140 valence electrons. The zero-order valence-corrected chi connectivity index (χ0v) is 18.8. The van der Waals surface area contributed by atoms with E-state index in [0.717, 1.165) is 12.8 Å². The van der Waals surface area contributed by atoms with E-state index in [-0.39, 0.29) is 5.41 Å². The summed E-state index contributed by atoms with van der Waals surface area (Å²) < 4.78 is 1.28. The first-order valence-corrected chi connectivity index (χ1v) is 10.9. The summed E-state index contributed by atoms with van der Waals surface area (Å²) in [6.45, 7) is 10.8. The Morgan fingerprint density at radius 2 is 2.04 bits per heavy atom. The maximum Gasteiger partial charge on any atom is 0.0127 e. The van der Waals surface area contributed by atoms with Gasteiger partial charge in [-0.05, 0) is 83.0 Å². The van der Waals surface area contributed by atoms with Gasteiger partial charge in [0.1, 0.15) is 0 Å². The van der Waals surface area contributed by atoms with Gasteiger partial charge < -0.3 is 0 Å². The van der Waals surface area contributed by atoms with Gasteiger partial charge in [0.15, 0.2) is 0 Å². The van der Waals surface area contributed by atoms with Crippen molar-refractivity contribution in [2.75, 3.05) is 0 Å². The van der Waals surface area contributed by atoms with Gasteiger partial charge in [-0.2, -0.15) is 0 Å². The molecule has 0 spiro atoms. The molecule has 0 N–H and O–H groups in total. The lowest BCUT2D eigenvalue weighted by Crippen LogP contribution is -2.20. The predicted octanol–water partition coefficient (Wildman–Crippen LogP) is 8.40. The van der Waals surface area contributed by atoms with Crippen LogP contribution in [0.2, 0.25) is 0 Å². The minimum absolute atomic E-state index is 0.0732. The molecular weight excluding hydrogens is 439 g/mol. The van der Waals surface area contributed by atoms with Crippen molar-refractivity contribution in [1.82, 2.24) is 0 Å². The highest BCUT2D eigenvalue weighted by molar-refractivity contribution is 14.1. The average Bonchev–Trinajstić information content (AvgIpc) is 2.71. The highest BCUT2D eigenvalue weighted by atomic mass is 127. The summed E-state index contributed by atoms with van der Waals surface area (Å²) in [6.07, 6.45) is 21.2. The summed E-state index contributed by atoms with van der Waals surface area (Å²) in [5, 5.41) is 0. The average molecular weight is 468 g/mol. The Hall–Kier alpha value is -1.61. The zero-order valence-electron chi connectivity index (χ0n) is 16.6. The minimum atomic E-state index is 0.0732. The van der Waals surface area contributed by atoms with Gasteiger partial charge >= 0.3 is 0 Å². The fourth-order valence-corrected chi connectivity index (χ4v) is 4.67. The maximum absolute atomic E-state index is 4.02. The topological polar surface area (TPSA) is 0 Å². The molecule has 2 aliphatic carbocycles. The van der Waals surface area contributed by atoms with Crippen molar-refractivity contribution in [2.24, 2.45) is 5.41 Å². The van der Waals surface area contributed by atoms with Crippen molar-refractivity contribution in [2.45, 2.75) is 46.0 Å². The van der Waals surface area contributed by atoms with Gasteiger partial charge in [0.2, 0.25) is 0 Å². The van der Waals surface area contributed by atoms with Crippen molar-refractivity contribution in [3.8, 4) is 0 Å². The van der Waals surface area contributed by atoms with Gasteiger partial charge in [-0.3, -0.25) is 0 Å². The fraction of sp³-hybridized carbons (Fsp3) is 0.308. The van der Waals surface area contributed by atoms with Crippen LogP contribution in [0.4, 0.5) is 0 Å². The van der Waals surface area contributed by atoms with Crippen LogP contribution in [0.3, 0.4) is 0 Å². The molecule has 1 unspecified atom stereocenters. The highest BCUT2D eigenvalue weighted by Crippen LogP contribution is 2.46. The number of rotatable bonds is 3. The molecule has 0 heterocycles. The second kappa shape index (κ2) is 8.60. The molecule has 2 aliphatic rings. The Bertz CT molecular complexity index is 871. The number of benzene rings is 1. The van der Waals surface area contributed by atoms with Crippen LogP contribution < -0.4 is 0 Å². The first-order chi connectivity index (χ1) is 13.0. The summed E-state index contributed by atoms with van der Waals surface area (Å²) in [6, 6.07) is 6.67. The van der Waals surface area contributed by atoms with Crippen LogP contribution in [0, 0.1) is 5.41 Å². The van der Waals surface area contributed by atoms with Crippen LogP contribution in [-0.2, 0) is 0 Å². The highest BCUT2D eigenvalue weighted by Gasteiger charge is 2.30. The summed E-state index contributed by atoms with van der Waals surface area (Å²) in [5.41, 5.74) is 7.22. The van der Waals surface area contributed by atoms with E-state index in [4.69, 9.17) is 0 Å². The van der Waals surface area contributed by atoms with Crippen molar-refractivity contribution in [3.63, 3.8) is 0 Å². The van der Waals surface area contributed by atoms with Gasteiger partial charge in [-0.1, -0.05) is 86.7 Å². The first kappa shape index (κ1) is 20.1. The minimum Gasteiger partial charge on any atom is -0.0984 e. The standard InChI is InChI=1S/C26H29I/c1-5-9-23-19(6-2)10-8-13-24(23)21-15-14-20-11-7-12-22(27)16-17-26(3,4)25(20)18-21/h5-13,16-17,21H,2,14-15,18H2,1,3-4H3/b9-5-,11-7+,17-16+,22-12+. The molecule has 0 aliphatic heterocycles. The Morgan fingerprint density at radius 3 is 2.78 bits per heavy atom. The maximum atomic E-state index is 4.02. The molecule has 0 fully saturated rings. The lowest BCUT2D eigenvalue weighted by molar-refractivity contribution is 0.474. The van der Waals surface area contributed by atoms with Crippen molar-refractivity contribution in [1.29, 1.82) is 0 Å². The van der Waals surface area contributed by atoms with E-state index >= 15 is 0 Å². The van der Waals surface area contributed by atoms with Crippen LogP contribution in [0.25, 0.3) is 12.2 Å². The van der Waals surface area contributed by atoms with Crippen LogP contribution in [-0.4, -0.2) is 0 Å². The molecule has 0 aromatic heterocycles. The van der Waals surface area contributed by atoms with E-state index in [9.17, 15) is 0 Å². The van der Waals surface area contributed by atoms with Crippen molar-refractivity contribution < 1.29 is 0 Å². The summed E-state index contributed by atoms with van der Waals surface area (Å²) in [7, 11) is 0. The summed E-state index contributed by atoms with van der Waals surface area (Å²) in [5.74, 6) is 0.559. The SMILES string of the molecule is C=Cc1cccc(C2CCC3=C(C2)C(C)(C)/C=C/C(I)=C\C=C\3)c1/C=C\C. The van der Waals surface area contributed by atoms with E-state index in [0.29, 0.717) is 5.92 Å². The lowest BCUT2D eigenvalue weighted by atomic mass is 9.69. The van der Waals surface area contributed by atoms with Gasteiger partial charge in [-0.15, -0.1) is 0 Å². The quantitative estimate of drug-likeness (QED) is 0.391. The molecule has 1 atom stereocenters. The summed E-state index contributed by atoms with van der Waals surface area (Å²) >= 11 is 2.41. The molecule has 1 heteroatoms. The Balaban J connectivity index is 2.03. The van der Waals surface area contributed by atoms with E-state index in [1.165, 1.54) is 32.3 Å². The van der Waals surface area contributed by atoms with Gasteiger partial charge in [0.25, 0.3) is 0 Å². The molecule has 1 aromatic rings. The molecule has 0 saturated heterocycles. The molecule has 0 nitrogen and oxygen atoms in total. The van der Waals surface area contributed by atoms with E-state index in [1.807, 2.05) is 6.08 Å². The van der Waals surface area contributed by atoms with Crippen LogP contribution >= 0.6 is 22.6 Å². The molecular formula is C26H29I. The third-order valence-corrected chi connectivity index (χ3v) is 6.48. The van der Waals surface area contributed by atoms with Gasteiger partial charge in [0, 0.05) is 8.99 Å². The van der Waals surface area contributed by atoms with Crippen molar-refractivity contribution >= 4 is 34.7 Å². The second-order valence-corrected chi connectivity index (χ2v) is 9.21. The number of halogens is 1. The lowest BCUT2D eigenvalue weighted by Gasteiger charge is -2.35. The van der Waals surface area contributed by atoms with E-state index in [1.54, 1.807) is 5.57 Å². The second-order valence-electron chi connectivity index (χ2n) is 7.96. The number of allylic oxidation sites excluding steroid dienone is 9.